The van der Waals surface area contributed by atoms with Gasteiger partial charge in [-0.1, -0.05) is 0 Å². The molecule has 3 nitrogen and oxygen atoms in total. The van der Waals surface area contributed by atoms with Crippen molar-refractivity contribution in [2.24, 2.45) is 5.41 Å². The van der Waals surface area contributed by atoms with Crippen molar-refractivity contribution in [1.29, 1.82) is 0 Å². The summed E-state index contributed by atoms with van der Waals surface area (Å²) in [5, 5.41) is 4.27. The Bertz CT molecular complexity index is 365. The molecule has 4 rings (SSSR count). The molecule has 4 heteroatoms. The molecule has 0 spiro atoms. The minimum atomic E-state index is 0.0262. The molecule has 0 saturated heterocycles. The van der Waals surface area contributed by atoms with Gasteiger partial charge < -0.3 is 4.79 Å². The third-order valence-electron chi connectivity index (χ3n) is 3.33. The van der Waals surface area contributed by atoms with E-state index in [1.165, 1.54) is 0 Å². The molecule has 0 aromatic carbocycles. The minimum absolute atomic E-state index is 0.0262. The lowest BCUT2D eigenvalue weighted by Crippen LogP contribution is -2.68. The summed E-state index contributed by atoms with van der Waals surface area (Å²) in [5.74, 6) is 0. The maximum atomic E-state index is 10.7. The van der Waals surface area contributed by atoms with Gasteiger partial charge in [0.25, 0.3) is 0 Å². The predicted octanol–water partition coefficient (Wildman–Crippen LogP) is 1.72. The number of aromatic nitrogens is 2. The van der Waals surface area contributed by atoms with Crippen LogP contribution in [-0.2, 0) is 10.3 Å². The van der Waals surface area contributed by atoms with E-state index < -0.39 is 0 Å². The number of carbonyl (C=O) groups is 1. The second kappa shape index (κ2) is 2.05. The molecule has 1 heterocycles. The van der Waals surface area contributed by atoms with Gasteiger partial charge in [0.2, 0.25) is 0 Å². The standard InChI is InChI=1S/C9H9BrN2O/c10-7-1-11-12(2-7)9-3-8(4-9,5-9)6-13/h1-2,6H,3-5H2. The van der Waals surface area contributed by atoms with Crippen LogP contribution in [-0.4, -0.2) is 16.1 Å². The van der Waals surface area contributed by atoms with Gasteiger partial charge in [0.05, 0.1) is 16.2 Å². The molecule has 0 amide bonds. The zero-order valence-electron chi connectivity index (χ0n) is 7.03. The van der Waals surface area contributed by atoms with Crippen molar-refractivity contribution in [2.75, 3.05) is 0 Å². The van der Waals surface area contributed by atoms with Crippen molar-refractivity contribution < 1.29 is 4.79 Å². The lowest BCUT2D eigenvalue weighted by Gasteiger charge is -2.67. The Labute approximate surface area is 84.2 Å². The van der Waals surface area contributed by atoms with Crippen molar-refractivity contribution >= 4 is 22.2 Å². The van der Waals surface area contributed by atoms with E-state index >= 15 is 0 Å². The van der Waals surface area contributed by atoms with Crippen LogP contribution in [0.2, 0.25) is 0 Å². The molecule has 3 fully saturated rings. The summed E-state index contributed by atoms with van der Waals surface area (Å²) in [7, 11) is 0. The highest BCUT2D eigenvalue weighted by molar-refractivity contribution is 9.10. The molecular weight excluding hydrogens is 232 g/mol. The van der Waals surface area contributed by atoms with E-state index in [1.807, 2.05) is 10.9 Å². The molecule has 13 heavy (non-hydrogen) atoms. The Morgan fingerprint density at radius 3 is 2.69 bits per heavy atom. The number of halogens is 1. The van der Waals surface area contributed by atoms with Crippen LogP contribution in [0.5, 0.6) is 0 Å². The van der Waals surface area contributed by atoms with Crippen LogP contribution < -0.4 is 0 Å². The van der Waals surface area contributed by atoms with Gasteiger partial charge in [-0.25, -0.2) is 0 Å². The summed E-state index contributed by atoms with van der Waals surface area (Å²) < 4.78 is 3.01. The maximum Gasteiger partial charge on any atom is 0.126 e. The summed E-state index contributed by atoms with van der Waals surface area (Å²) >= 11 is 3.37. The number of rotatable bonds is 2. The zero-order valence-corrected chi connectivity index (χ0v) is 8.62. The van der Waals surface area contributed by atoms with E-state index in [0.29, 0.717) is 0 Å². The number of hydrogen-bond acceptors (Lipinski definition) is 2. The third-order valence-corrected chi connectivity index (χ3v) is 3.74. The summed E-state index contributed by atoms with van der Waals surface area (Å²) in [6.07, 6.45) is 7.86. The first-order valence-electron chi connectivity index (χ1n) is 4.35. The summed E-state index contributed by atoms with van der Waals surface area (Å²) in [5.41, 5.74) is 0.214. The Hall–Kier alpha value is -0.640. The average Bonchev–Trinajstić information content (AvgIpc) is 2.31. The van der Waals surface area contributed by atoms with Gasteiger partial charge >= 0.3 is 0 Å². The first kappa shape index (κ1) is 7.74. The lowest BCUT2D eigenvalue weighted by atomic mass is 9.40. The minimum Gasteiger partial charge on any atom is -0.303 e. The quantitative estimate of drug-likeness (QED) is 0.739. The molecule has 0 unspecified atom stereocenters. The van der Waals surface area contributed by atoms with Gasteiger partial charge in [-0.15, -0.1) is 0 Å². The number of carbonyl (C=O) groups excluding carboxylic acids is 1. The smallest absolute Gasteiger partial charge is 0.126 e. The Kier molecular flexibility index (Phi) is 1.22. The van der Waals surface area contributed by atoms with Crippen molar-refractivity contribution in [1.82, 2.24) is 9.78 Å². The van der Waals surface area contributed by atoms with Gasteiger partial charge in [-0.3, -0.25) is 4.68 Å². The molecule has 0 aliphatic heterocycles. The van der Waals surface area contributed by atoms with Gasteiger partial charge in [0.1, 0.15) is 6.29 Å². The molecule has 3 aliphatic carbocycles. The summed E-state index contributed by atoms with van der Waals surface area (Å²) in [6, 6.07) is 0. The van der Waals surface area contributed by atoms with Crippen LogP contribution in [0.3, 0.4) is 0 Å². The van der Waals surface area contributed by atoms with E-state index in [4.69, 9.17) is 0 Å². The molecule has 1 aromatic rings. The van der Waals surface area contributed by atoms with Crippen LogP contribution in [0.15, 0.2) is 16.9 Å². The first-order valence-corrected chi connectivity index (χ1v) is 5.15. The number of hydrogen-bond donors (Lipinski definition) is 0. The second-order valence-electron chi connectivity index (χ2n) is 4.34. The molecule has 0 atom stereocenters. The fourth-order valence-electron chi connectivity index (χ4n) is 2.74. The lowest BCUT2D eigenvalue weighted by molar-refractivity contribution is -0.187. The molecule has 2 bridgehead atoms. The monoisotopic (exact) mass is 240 g/mol. The highest BCUT2D eigenvalue weighted by Gasteiger charge is 2.69. The van der Waals surface area contributed by atoms with E-state index in [-0.39, 0.29) is 11.0 Å². The highest BCUT2D eigenvalue weighted by Crippen LogP contribution is 2.70. The van der Waals surface area contributed by atoms with Crippen LogP contribution in [0.25, 0.3) is 0 Å². The molecule has 0 N–H and O–H groups in total. The SMILES string of the molecule is O=CC12CC(n3cc(Br)cn3)(C1)C2. The van der Waals surface area contributed by atoms with Gasteiger partial charge in [-0.2, -0.15) is 5.10 Å². The number of nitrogens with zero attached hydrogens (tertiary/aromatic N) is 2. The molecule has 3 aliphatic rings. The topological polar surface area (TPSA) is 34.9 Å². The zero-order chi connectivity index (χ0) is 9.10. The van der Waals surface area contributed by atoms with E-state index in [1.54, 1.807) is 6.20 Å². The van der Waals surface area contributed by atoms with Crippen molar-refractivity contribution in [2.45, 2.75) is 24.8 Å². The maximum absolute atomic E-state index is 10.7. The first-order chi connectivity index (χ1) is 6.18. The molecule has 1 aromatic heterocycles. The van der Waals surface area contributed by atoms with Crippen LogP contribution >= 0.6 is 15.9 Å². The Morgan fingerprint density at radius 2 is 2.23 bits per heavy atom. The molecule has 0 radical (unpaired) electrons. The van der Waals surface area contributed by atoms with E-state index in [2.05, 4.69) is 21.0 Å². The summed E-state index contributed by atoms with van der Waals surface area (Å²) in [6.45, 7) is 0. The fourth-order valence-corrected chi connectivity index (χ4v) is 3.02. The van der Waals surface area contributed by atoms with Gasteiger partial charge in [0.15, 0.2) is 0 Å². The van der Waals surface area contributed by atoms with Gasteiger partial charge in [-0.05, 0) is 35.2 Å². The normalized spacial score (nSPS) is 40.7. The predicted molar refractivity (Wildman–Crippen MR) is 50.2 cm³/mol. The largest absolute Gasteiger partial charge is 0.303 e. The fraction of sp³-hybridized carbons (Fsp3) is 0.556. The molecule has 3 saturated carbocycles. The highest BCUT2D eigenvalue weighted by atomic mass is 79.9. The van der Waals surface area contributed by atoms with Crippen LogP contribution in [0.1, 0.15) is 19.3 Å². The second-order valence-corrected chi connectivity index (χ2v) is 5.25. The average molecular weight is 241 g/mol. The molecular formula is C9H9BrN2O. The summed E-state index contributed by atoms with van der Waals surface area (Å²) in [4.78, 5) is 10.7. The van der Waals surface area contributed by atoms with Crippen LogP contribution in [0, 0.1) is 5.41 Å². The van der Waals surface area contributed by atoms with Crippen molar-refractivity contribution in [3.8, 4) is 0 Å². The number of aldehydes is 1. The van der Waals surface area contributed by atoms with Crippen molar-refractivity contribution in [3.05, 3.63) is 16.9 Å². The van der Waals surface area contributed by atoms with E-state index in [0.717, 1.165) is 30.0 Å². The molecule has 68 valence electrons. The Morgan fingerprint density at radius 1 is 1.54 bits per heavy atom. The Balaban J connectivity index is 1.88. The van der Waals surface area contributed by atoms with E-state index in [9.17, 15) is 4.79 Å². The third kappa shape index (κ3) is 0.796. The van der Waals surface area contributed by atoms with Gasteiger partial charge in [0, 0.05) is 11.6 Å². The van der Waals surface area contributed by atoms with Crippen molar-refractivity contribution in [3.63, 3.8) is 0 Å². The van der Waals surface area contributed by atoms with Crippen LogP contribution in [0.4, 0.5) is 0 Å².